The number of para-hydroxylation sites is 1. The van der Waals surface area contributed by atoms with Gasteiger partial charge >= 0.3 is 0 Å². The van der Waals surface area contributed by atoms with Crippen molar-refractivity contribution in [1.82, 2.24) is 4.90 Å². The van der Waals surface area contributed by atoms with E-state index in [0.29, 0.717) is 29.8 Å². The summed E-state index contributed by atoms with van der Waals surface area (Å²) in [5, 5.41) is 0. The highest BCUT2D eigenvalue weighted by molar-refractivity contribution is 6.26. The first kappa shape index (κ1) is 19.4. The molecular weight excluding hydrogens is 364 g/mol. The fraction of sp³-hybridized carbons (Fsp3) is 0.375. The van der Waals surface area contributed by atoms with Gasteiger partial charge in [0, 0.05) is 12.1 Å². The van der Waals surface area contributed by atoms with Gasteiger partial charge in [-0.3, -0.25) is 14.4 Å². The number of rotatable bonds is 1. The number of amides is 3. The van der Waals surface area contributed by atoms with E-state index in [4.69, 9.17) is 0 Å². The van der Waals surface area contributed by atoms with Crippen LogP contribution in [0.3, 0.4) is 0 Å². The summed E-state index contributed by atoms with van der Waals surface area (Å²) in [5.74, 6) is -0.868. The fourth-order valence-electron chi connectivity index (χ4n) is 4.15. The standard InChI is InChI=1S/C24H26N2O3/c1-24(2,3)17-13-11-16(12-14-17)21(27)26-19-9-5-4-8-18(19)22(28)25-15-7-6-10-20(25)23(26)29/h4-5,8-9,11-14,20H,6-7,10,15H2,1-3H3/t20-/m0/s1. The lowest BCUT2D eigenvalue weighted by Crippen LogP contribution is -2.52. The van der Waals surface area contributed by atoms with Crippen LogP contribution < -0.4 is 4.90 Å². The second-order valence-electron chi connectivity index (χ2n) is 8.83. The molecular formula is C24H26N2O3. The molecule has 0 aromatic heterocycles. The monoisotopic (exact) mass is 390 g/mol. The lowest BCUT2D eigenvalue weighted by molar-refractivity contribution is -0.123. The highest BCUT2D eigenvalue weighted by atomic mass is 16.2. The molecule has 3 amide bonds. The molecule has 2 aliphatic rings. The van der Waals surface area contributed by atoms with Crippen molar-refractivity contribution >= 4 is 23.4 Å². The Morgan fingerprint density at radius 2 is 1.66 bits per heavy atom. The zero-order chi connectivity index (χ0) is 20.8. The van der Waals surface area contributed by atoms with Crippen LogP contribution in [0.1, 0.15) is 66.3 Å². The maximum atomic E-state index is 13.4. The number of hydrogen-bond donors (Lipinski definition) is 0. The number of carbonyl (C=O) groups excluding carboxylic acids is 3. The van der Waals surface area contributed by atoms with Crippen molar-refractivity contribution in [2.75, 3.05) is 11.4 Å². The van der Waals surface area contributed by atoms with Gasteiger partial charge in [0.05, 0.1) is 11.3 Å². The normalized spacial score (nSPS) is 19.5. The molecule has 0 radical (unpaired) electrons. The molecule has 5 nitrogen and oxygen atoms in total. The number of anilines is 1. The Kier molecular flexibility index (Phi) is 4.77. The van der Waals surface area contributed by atoms with Crippen LogP contribution in [0.25, 0.3) is 0 Å². The van der Waals surface area contributed by atoms with Gasteiger partial charge in [-0.2, -0.15) is 0 Å². The zero-order valence-electron chi connectivity index (χ0n) is 17.1. The van der Waals surface area contributed by atoms with Gasteiger partial charge in [-0.1, -0.05) is 45.0 Å². The van der Waals surface area contributed by atoms with Crippen molar-refractivity contribution < 1.29 is 14.4 Å². The van der Waals surface area contributed by atoms with Crippen molar-refractivity contribution in [1.29, 1.82) is 0 Å². The van der Waals surface area contributed by atoms with E-state index < -0.39 is 6.04 Å². The van der Waals surface area contributed by atoms with Gasteiger partial charge in [0.2, 0.25) is 0 Å². The van der Waals surface area contributed by atoms with Gasteiger partial charge in [-0.05, 0) is 54.5 Å². The molecule has 5 heteroatoms. The van der Waals surface area contributed by atoms with E-state index in [1.54, 1.807) is 41.3 Å². The third-order valence-corrected chi connectivity index (χ3v) is 5.85. The predicted molar refractivity (Wildman–Crippen MR) is 112 cm³/mol. The summed E-state index contributed by atoms with van der Waals surface area (Å²) in [6, 6.07) is 13.7. The first-order valence-corrected chi connectivity index (χ1v) is 10.2. The average molecular weight is 390 g/mol. The van der Waals surface area contributed by atoms with E-state index in [1.165, 1.54) is 4.90 Å². The molecule has 0 unspecified atom stereocenters. The topological polar surface area (TPSA) is 57.7 Å². The molecule has 1 saturated heterocycles. The number of carbonyl (C=O) groups is 3. The van der Waals surface area contributed by atoms with Gasteiger partial charge in [-0.15, -0.1) is 0 Å². The van der Waals surface area contributed by atoms with Gasteiger partial charge in [0.1, 0.15) is 6.04 Å². The van der Waals surface area contributed by atoms with Crippen LogP contribution in [-0.4, -0.2) is 35.2 Å². The van der Waals surface area contributed by atoms with E-state index in [2.05, 4.69) is 20.8 Å². The van der Waals surface area contributed by atoms with Crippen LogP contribution in [0.15, 0.2) is 48.5 Å². The maximum absolute atomic E-state index is 13.4. The smallest absolute Gasteiger partial charge is 0.265 e. The highest BCUT2D eigenvalue weighted by Crippen LogP contribution is 2.33. The van der Waals surface area contributed by atoms with E-state index in [0.717, 1.165) is 18.4 Å². The van der Waals surface area contributed by atoms with Gasteiger partial charge in [0.15, 0.2) is 0 Å². The number of imide groups is 1. The van der Waals surface area contributed by atoms with Crippen molar-refractivity contribution in [3.8, 4) is 0 Å². The summed E-state index contributed by atoms with van der Waals surface area (Å²) in [5.41, 5.74) is 2.32. The Hall–Kier alpha value is -2.95. The van der Waals surface area contributed by atoms with Crippen molar-refractivity contribution in [3.05, 3.63) is 65.2 Å². The van der Waals surface area contributed by atoms with E-state index in [9.17, 15) is 14.4 Å². The number of hydrogen-bond acceptors (Lipinski definition) is 3. The minimum Gasteiger partial charge on any atom is -0.327 e. The third kappa shape index (κ3) is 3.35. The van der Waals surface area contributed by atoms with Crippen LogP contribution >= 0.6 is 0 Å². The van der Waals surface area contributed by atoms with Crippen LogP contribution in [0.2, 0.25) is 0 Å². The molecule has 29 heavy (non-hydrogen) atoms. The minimum atomic E-state index is -0.582. The van der Waals surface area contributed by atoms with E-state index in [1.807, 2.05) is 12.1 Å². The SMILES string of the molecule is CC(C)(C)c1ccc(C(=O)N2C(=O)[C@@H]3CCCCN3C(=O)c3ccccc32)cc1. The van der Waals surface area contributed by atoms with Crippen molar-refractivity contribution in [2.24, 2.45) is 0 Å². The summed E-state index contributed by atoms with van der Waals surface area (Å²) < 4.78 is 0. The van der Waals surface area contributed by atoms with Gasteiger partial charge in [0.25, 0.3) is 17.7 Å². The van der Waals surface area contributed by atoms with Gasteiger partial charge in [-0.25, -0.2) is 4.90 Å². The summed E-state index contributed by atoms with van der Waals surface area (Å²) >= 11 is 0. The van der Waals surface area contributed by atoms with Crippen LogP contribution in [-0.2, 0) is 10.2 Å². The number of piperidine rings is 1. The quantitative estimate of drug-likeness (QED) is 0.687. The van der Waals surface area contributed by atoms with Crippen molar-refractivity contribution in [3.63, 3.8) is 0 Å². The lowest BCUT2D eigenvalue weighted by Gasteiger charge is -2.34. The zero-order valence-corrected chi connectivity index (χ0v) is 17.1. The largest absolute Gasteiger partial charge is 0.327 e. The Bertz CT molecular complexity index is 972. The molecule has 1 atom stereocenters. The van der Waals surface area contributed by atoms with E-state index in [-0.39, 0.29) is 23.1 Å². The third-order valence-electron chi connectivity index (χ3n) is 5.85. The van der Waals surface area contributed by atoms with Crippen LogP contribution in [0.4, 0.5) is 5.69 Å². The molecule has 0 spiro atoms. The summed E-state index contributed by atoms with van der Waals surface area (Å²) in [4.78, 5) is 42.9. The second-order valence-corrected chi connectivity index (χ2v) is 8.83. The van der Waals surface area contributed by atoms with Crippen LogP contribution in [0, 0.1) is 0 Å². The Morgan fingerprint density at radius 1 is 0.966 bits per heavy atom. The Morgan fingerprint density at radius 3 is 2.34 bits per heavy atom. The molecule has 2 aliphatic heterocycles. The van der Waals surface area contributed by atoms with Crippen LogP contribution in [0.5, 0.6) is 0 Å². The molecule has 150 valence electrons. The molecule has 0 saturated carbocycles. The van der Waals surface area contributed by atoms with Gasteiger partial charge < -0.3 is 4.90 Å². The second kappa shape index (κ2) is 7.14. The van der Waals surface area contributed by atoms with E-state index >= 15 is 0 Å². The molecule has 0 bridgehead atoms. The molecule has 2 heterocycles. The fourth-order valence-corrected chi connectivity index (χ4v) is 4.15. The average Bonchev–Trinajstić information content (AvgIpc) is 2.81. The molecule has 0 N–H and O–H groups in total. The molecule has 1 fully saturated rings. The Balaban J connectivity index is 1.78. The molecule has 0 aliphatic carbocycles. The number of fused-ring (bicyclic) bond motifs is 2. The first-order chi connectivity index (χ1) is 13.8. The first-order valence-electron chi connectivity index (χ1n) is 10.2. The molecule has 4 rings (SSSR count). The maximum Gasteiger partial charge on any atom is 0.265 e. The summed E-state index contributed by atoms with van der Waals surface area (Å²) in [7, 11) is 0. The summed E-state index contributed by atoms with van der Waals surface area (Å²) in [6.07, 6.45) is 2.34. The molecule has 2 aromatic carbocycles. The number of benzene rings is 2. The molecule has 2 aromatic rings. The Labute approximate surface area is 171 Å². The predicted octanol–water partition coefficient (Wildman–Crippen LogP) is 4.17. The number of nitrogens with zero attached hydrogens (tertiary/aromatic N) is 2. The highest BCUT2D eigenvalue weighted by Gasteiger charge is 2.42. The summed E-state index contributed by atoms with van der Waals surface area (Å²) in [6.45, 7) is 6.89. The minimum absolute atomic E-state index is 0.0262. The lowest BCUT2D eigenvalue weighted by atomic mass is 9.86. The van der Waals surface area contributed by atoms with Crippen molar-refractivity contribution in [2.45, 2.75) is 51.5 Å².